The molecule has 0 atom stereocenters. The Hall–Kier alpha value is -0.0200. The lowest BCUT2D eigenvalue weighted by Crippen LogP contribution is -2.53. The number of rotatable bonds is 2. The lowest BCUT2D eigenvalue weighted by molar-refractivity contribution is 0.293. The van der Waals surface area contributed by atoms with Crippen molar-refractivity contribution in [3.8, 4) is 0 Å². The highest BCUT2D eigenvalue weighted by molar-refractivity contribution is 14.0. The van der Waals surface area contributed by atoms with E-state index in [0.29, 0.717) is 4.75 Å². The molecule has 23 heavy (non-hydrogen) atoms. The molecule has 4 nitrogen and oxygen atoms in total. The molecule has 7 heteroatoms. The maximum Gasteiger partial charge on any atom is 0.194 e. The van der Waals surface area contributed by atoms with Gasteiger partial charge in [-0.25, -0.2) is 4.98 Å². The molecule has 0 aromatic carbocycles. The third-order valence-corrected chi connectivity index (χ3v) is 7.04. The highest BCUT2D eigenvalue weighted by Crippen LogP contribution is 2.42. The molecule has 0 radical (unpaired) electrons. The average Bonchev–Trinajstić information content (AvgIpc) is 2.94. The van der Waals surface area contributed by atoms with Crippen molar-refractivity contribution in [3.05, 3.63) is 16.1 Å². The van der Waals surface area contributed by atoms with Gasteiger partial charge in [-0.1, -0.05) is 19.3 Å². The molecule has 0 unspecified atom stereocenters. The van der Waals surface area contributed by atoms with Crippen LogP contribution in [0.25, 0.3) is 0 Å². The zero-order valence-corrected chi connectivity index (χ0v) is 18.0. The van der Waals surface area contributed by atoms with Gasteiger partial charge in [0, 0.05) is 41.7 Å². The Morgan fingerprint density at radius 3 is 2.83 bits per heavy atom. The van der Waals surface area contributed by atoms with Gasteiger partial charge in [0.15, 0.2) is 5.96 Å². The second kappa shape index (κ2) is 8.89. The van der Waals surface area contributed by atoms with Crippen molar-refractivity contribution in [1.29, 1.82) is 0 Å². The Morgan fingerprint density at radius 1 is 1.39 bits per heavy atom. The van der Waals surface area contributed by atoms with E-state index in [1.807, 2.05) is 13.2 Å². The lowest BCUT2D eigenvalue weighted by Gasteiger charge is -2.45. The molecule has 130 valence electrons. The molecule has 2 fully saturated rings. The van der Waals surface area contributed by atoms with Crippen LogP contribution in [0.4, 0.5) is 0 Å². The molecule has 0 amide bonds. The molecule has 0 bridgehead atoms. The van der Waals surface area contributed by atoms with Gasteiger partial charge in [-0.2, -0.15) is 11.8 Å². The Labute approximate surface area is 164 Å². The Balaban J connectivity index is 0.00000192. The molecule has 2 aliphatic rings. The number of aliphatic imine (C=N–C) groups is 1. The number of nitrogens with one attached hydrogen (secondary N) is 1. The zero-order chi connectivity index (χ0) is 15.4. The van der Waals surface area contributed by atoms with Crippen LogP contribution in [-0.4, -0.2) is 46.5 Å². The fourth-order valence-corrected chi connectivity index (χ4v) is 5.79. The maximum atomic E-state index is 4.51. The molecule has 1 saturated heterocycles. The minimum Gasteiger partial charge on any atom is -0.350 e. The topological polar surface area (TPSA) is 40.5 Å². The fourth-order valence-electron chi connectivity index (χ4n) is 3.49. The number of aryl methyl sites for hydroxylation is 1. The second-order valence-electron chi connectivity index (χ2n) is 6.28. The summed E-state index contributed by atoms with van der Waals surface area (Å²) >= 11 is 3.96. The van der Waals surface area contributed by atoms with Gasteiger partial charge >= 0.3 is 0 Å². The highest BCUT2D eigenvalue weighted by atomic mass is 127. The Morgan fingerprint density at radius 2 is 2.17 bits per heavy atom. The number of halogens is 1. The third kappa shape index (κ3) is 4.98. The van der Waals surface area contributed by atoms with Gasteiger partial charge in [-0.15, -0.1) is 35.3 Å². The van der Waals surface area contributed by atoms with Gasteiger partial charge in [0.05, 0.1) is 6.54 Å². The van der Waals surface area contributed by atoms with Crippen molar-refractivity contribution in [2.24, 2.45) is 4.99 Å². The highest BCUT2D eigenvalue weighted by Gasteiger charge is 2.38. The van der Waals surface area contributed by atoms with Gasteiger partial charge < -0.3 is 10.2 Å². The molecule has 1 aliphatic heterocycles. The summed E-state index contributed by atoms with van der Waals surface area (Å²) in [6.45, 7) is 5.13. The molecule has 1 N–H and O–H groups in total. The number of hydrogen-bond donors (Lipinski definition) is 1. The van der Waals surface area contributed by atoms with E-state index in [1.165, 1.54) is 42.7 Å². The van der Waals surface area contributed by atoms with Gasteiger partial charge in [0.2, 0.25) is 0 Å². The standard InChI is InChI=1S/C16H26N4S2.HI/c1-13-10-18-14(22-13)11-19-15(17-2)20-8-9-21-16(12-20)6-4-3-5-7-16;/h10H,3-9,11-12H2,1-2H3,(H,17,19);1H. The molecule has 1 aromatic rings. The van der Waals surface area contributed by atoms with E-state index in [2.05, 4.69) is 38.9 Å². The van der Waals surface area contributed by atoms with Gasteiger partial charge in [-0.05, 0) is 19.8 Å². The summed E-state index contributed by atoms with van der Waals surface area (Å²) in [5, 5.41) is 4.64. The fraction of sp³-hybridized carbons (Fsp3) is 0.750. The first-order valence-corrected chi connectivity index (χ1v) is 10.0. The normalized spacial score (nSPS) is 21.1. The summed E-state index contributed by atoms with van der Waals surface area (Å²) in [4.78, 5) is 12.7. The summed E-state index contributed by atoms with van der Waals surface area (Å²) in [5.41, 5.74) is 0. The summed E-state index contributed by atoms with van der Waals surface area (Å²) in [6, 6.07) is 0. The van der Waals surface area contributed by atoms with Crippen LogP contribution >= 0.6 is 47.1 Å². The van der Waals surface area contributed by atoms with Crippen LogP contribution < -0.4 is 5.32 Å². The number of thioether (sulfide) groups is 1. The monoisotopic (exact) mass is 466 g/mol. The average molecular weight is 466 g/mol. The van der Waals surface area contributed by atoms with Crippen LogP contribution in [0.5, 0.6) is 0 Å². The third-order valence-electron chi connectivity index (χ3n) is 4.59. The quantitative estimate of drug-likeness (QED) is 0.408. The van der Waals surface area contributed by atoms with Crippen LogP contribution in [0.1, 0.15) is 42.0 Å². The van der Waals surface area contributed by atoms with Crippen molar-refractivity contribution < 1.29 is 0 Å². The van der Waals surface area contributed by atoms with Crippen molar-refractivity contribution >= 4 is 53.0 Å². The second-order valence-corrected chi connectivity index (χ2v) is 9.16. The van der Waals surface area contributed by atoms with E-state index in [1.54, 1.807) is 11.3 Å². The molecule has 1 spiro atoms. The van der Waals surface area contributed by atoms with Crippen molar-refractivity contribution in [2.75, 3.05) is 25.9 Å². The lowest BCUT2D eigenvalue weighted by atomic mass is 9.87. The van der Waals surface area contributed by atoms with E-state index in [-0.39, 0.29) is 24.0 Å². The van der Waals surface area contributed by atoms with Gasteiger partial charge in [0.1, 0.15) is 5.01 Å². The Bertz CT molecular complexity index is 520. The predicted octanol–water partition coefficient (Wildman–Crippen LogP) is 3.90. The van der Waals surface area contributed by atoms with Gasteiger partial charge in [-0.3, -0.25) is 4.99 Å². The summed E-state index contributed by atoms with van der Waals surface area (Å²) in [5.74, 6) is 2.26. The number of guanidine groups is 1. The van der Waals surface area contributed by atoms with Crippen LogP contribution in [0.3, 0.4) is 0 Å². The molecular formula is C16H27IN4S2. The molecular weight excluding hydrogens is 439 g/mol. The van der Waals surface area contributed by atoms with Crippen molar-refractivity contribution in [2.45, 2.75) is 50.3 Å². The summed E-state index contributed by atoms with van der Waals surface area (Å²) < 4.78 is 0.478. The first-order chi connectivity index (χ1) is 10.7. The van der Waals surface area contributed by atoms with Crippen LogP contribution in [0.15, 0.2) is 11.2 Å². The number of thiazole rings is 1. The van der Waals surface area contributed by atoms with E-state index in [9.17, 15) is 0 Å². The van der Waals surface area contributed by atoms with Crippen LogP contribution in [0.2, 0.25) is 0 Å². The molecule has 1 aromatic heterocycles. The van der Waals surface area contributed by atoms with Crippen molar-refractivity contribution in [3.63, 3.8) is 0 Å². The Kier molecular flexibility index (Phi) is 7.47. The first-order valence-electron chi connectivity index (χ1n) is 8.22. The van der Waals surface area contributed by atoms with Crippen LogP contribution in [0, 0.1) is 6.92 Å². The molecule has 1 aliphatic carbocycles. The first kappa shape index (κ1) is 19.3. The predicted molar refractivity (Wildman–Crippen MR) is 112 cm³/mol. The minimum absolute atomic E-state index is 0. The summed E-state index contributed by atoms with van der Waals surface area (Å²) in [6.07, 6.45) is 8.89. The molecule has 1 saturated carbocycles. The largest absolute Gasteiger partial charge is 0.350 e. The smallest absolute Gasteiger partial charge is 0.194 e. The minimum atomic E-state index is 0. The van der Waals surface area contributed by atoms with E-state index in [0.717, 1.165) is 30.6 Å². The molecule has 3 rings (SSSR count). The van der Waals surface area contributed by atoms with E-state index in [4.69, 9.17) is 0 Å². The zero-order valence-electron chi connectivity index (χ0n) is 14.0. The maximum absolute atomic E-state index is 4.51. The molecule has 2 heterocycles. The SMILES string of the molecule is CN=C(NCc1ncc(C)s1)N1CCSC2(CCCCC2)C1.I. The van der Waals surface area contributed by atoms with Crippen molar-refractivity contribution in [1.82, 2.24) is 15.2 Å². The number of hydrogen-bond acceptors (Lipinski definition) is 4. The summed E-state index contributed by atoms with van der Waals surface area (Å²) in [7, 11) is 1.89. The number of aromatic nitrogens is 1. The van der Waals surface area contributed by atoms with E-state index < -0.39 is 0 Å². The van der Waals surface area contributed by atoms with E-state index >= 15 is 0 Å². The van der Waals surface area contributed by atoms with Gasteiger partial charge in [0.25, 0.3) is 0 Å². The van der Waals surface area contributed by atoms with Crippen LogP contribution in [-0.2, 0) is 6.54 Å². The number of nitrogens with zero attached hydrogens (tertiary/aromatic N) is 3.